The number of pyridine rings is 1. The molecule has 1 unspecified atom stereocenters. The van der Waals surface area contributed by atoms with Crippen molar-refractivity contribution in [2.75, 3.05) is 20.1 Å². The third-order valence-electron chi connectivity index (χ3n) is 5.14. The Hall–Kier alpha value is -2.38. The van der Waals surface area contributed by atoms with Gasteiger partial charge in [0, 0.05) is 19.1 Å². The zero-order valence-electron chi connectivity index (χ0n) is 16.3. The van der Waals surface area contributed by atoms with Crippen LogP contribution in [0.25, 0.3) is 22.6 Å². The number of carbonyl (C=O) groups excluding carboxylic acids is 1. The minimum Gasteiger partial charge on any atom is -0.463 e. The fourth-order valence-corrected chi connectivity index (χ4v) is 3.65. The van der Waals surface area contributed by atoms with Crippen LogP contribution in [0, 0.1) is 0 Å². The Morgan fingerprint density at radius 3 is 2.89 bits per heavy atom. The minimum atomic E-state index is -0.0137. The van der Waals surface area contributed by atoms with Gasteiger partial charge in [-0.15, -0.1) is 12.4 Å². The van der Waals surface area contributed by atoms with E-state index in [0.29, 0.717) is 40.7 Å². The van der Waals surface area contributed by atoms with Gasteiger partial charge < -0.3 is 19.2 Å². The molecule has 0 spiro atoms. The number of likely N-dealkylation sites (N-methyl/N-ethyl adjacent to an activating group) is 1. The van der Waals surface area contributed by atoms with Crippen LogP contribution < -0.4 is 5.32 Å². The number of piperidine rings is 1. The van der Waals surface area contributed by atoms with E-state index < -0.39 is 0 Å². The normalized spacial score (nSPS) is 17.1. The average Bonchev–Trinajstić information content (AvgIpc) is 3.36. The summed E-state index contributed by atoms with van der Waals surface area (Å²) >= 11 is 0. The number of halogens is 1. The van der Waals surface area contributed by atoms with E-state index in [0.717, 1.165) is 25.1 Å². The van der Waals surface area contributed by atoms with Gasteiger partial charge in [-0.25, -0.2) is 4.98 Å². The van der Waals surface area contributed by atoms with E-state index in [9.17, 15) is 4.79 Å². The third kappa shape index (κ3) is 3.64. The van der Waals surface area contributed by atoms with Gasteiger partial charge in [-0.05, 0) is 44.0 Å². The van der Waals surface area contributed by atoms with E-state index in [2.05, 4.69) is 15.5 Å². The molecule has 4 rings (SSSR count). The summed E-state index contributed by atoms with van der Waals surface area (Å²) < 4.78 is 11.0. The summed E-state index contributed by atoms with van der Waals surface area (Å²) in [5.74, 6) is 0.709. The van der Waals surface area contributed by atoms with Crippen molar-refractivity contribution < 1.29 is 13.7 Å². The van der Waals surface area contributed by atoms with Crippen molar-refractivity contribution in [2.45, 2.75) is 38.6 Å². The summed E-state index contributed by atoms with van der Waals surface area (Å²) in [6.07, 6.45) is 3.65. The molecule has 7 nitrogen and oxygen atoms in total. The van der Waals surface area contributed by atoms with Crippen molar-refractivity contribution in [2.24, 2.45) is 0 Å². The van der Waals surface area contributed by atoms with Gasteiger partial charge in [0.15, 0.2) is 5.76 Å². The third-order valence-corrected chi connectivity index (χ3v) is 5.14. The molecular weight excluding hydrogens is 380 g/mol. The molecule has 1 fully saturated rings. The zero-order valence-corrected chi connectivity index (χ0v) is 17.1. The van der Waals surface area contributed by atoms with Crippen molar-refractivity contribution in [1.29, 1.82) is 0 Å². The molecule has 0 bridgehead atoms. The second-order valence-corrected chi connectivity index (χ2v) is 7.31. The van der Waals surface area contributed by atoms with Crippen LogP contribution in [0.3, 0.4) is 0 Å². The number of nitrogens with one attached hydrogen (secondary N) is 1. The van der Waals surface area contributed by atoms with Gasteiger partial charge in [-0.1, -0.05) is 19.0 Å². The number of fused-ring (bicyclic) bond motifs is 1. The van der Waals surface area contributed by atoms with E-state index in [1.165, 1.54) is 0 Å². The highest BCUT2D eigenvalue weighted by Crippen LogP contribution is 2.32. The minimum absolute atomic E-state index is 0. The quantitative estimate of drug-likeness (QED) is 0.710. The van der Waals surface area contributed by atoms with E-state index in [-0.39, 0.29) is 24.2 Å². The van der Waals surface area contributed by atoms with Gasteiger partial charge in [-0.2, -0.15) is 0 Å². The monoisotopic (exact) mass is 404 g/mol. The van der Waals surface area contributed by atoms with E-state index in [1.54, 1.807) is 18.4 Å². The highest BCUT2D eigenvalue weighted by atomic mass is 35.5. The lowest BCUT2D eigenvalue weighted by atomic mass is 10.00. The largest absolute Gasteiger partial charge is 0.463 e. The maximum Gasteiger partial charge on any atom is 0.259 e. The summed E-state index contributed by atoms with van der Waals surface area (Å²) in [6.45, 7) is 5.50. The van der Waals surface area contributed by atoms with Gasteiger partial charge >= 0.3 is 0 Å². The molecule has 4 heterocycles. The molecule has 150 valence electrons. The zero-order chi connectivity index (χ0) is 19.0. The molecule has 3 aromatic heterocycles. The van der Waals surface area contributed by atoms with Crippen LogP contribution in [0.2, 0.25) is 0 Å². The highest BCUT2D eigenvalue weighted by Gasteiger charge is 2.28. The van der Waals surface area contributed by atoms with E-state index in [4.69, 9.17) is 8.94 Å². The number of rotatable bonds is 4. The van der Waals surface area contributed by atoms with Gasteiger partial charge in [0.1, 0.15) is 5.69 Å². The summed E-state index contributed by atoms with van der Waals surface area (Å²) in [5.41, 5.74) is 2.28. The fraction of sp³-hybridized carbons (Fsp3) is 0.450. The van der Waals surface area contributed by atoms with Crippen LogP contribution in [0.4, 0.5) is 0 Å². The Morgan fingerprint density at radius 1 is 1.39 bits per heavy atom. The summed E-state index contributed by atoms with van der Waals surface area (Å²) in [7, 11) is 1.94. The van der Waals surface area contributed by atoms with Crippen LogP contribution in [-0.2, 0) is 0 Å². The highest BCUT2D eigenvalue weighted by molar-refractivity contribution is 6.07. The summed E-state index contributed by atoms with van der Waals surface area (Å²) in [5, 5.41) is 8.17. The van der Waals surface area contributed by atoms with Gasteiger partial charge in [-0.3, -0.25) is 4.79 Å². The van der Waals surface area contributed by atoms with Crippen molar-refractivity contribution >= 4 is 29.4 Å². The Bertz CT molecular complexity index is 952. The topological polar surface area (TPSA) is 84.4 Å². The molecule has 1 saturated heterocycles. The van der Waals surface area contributed by atoms with Crippen LogP contribution in [0.15, 0.2) is 33.4 Å². The molecule has 0 saturated carbocycles. The van der Waals surface area contributed by atoms with Crippen LogP contribution in [0.5, 0.6) is 0 Å². The first-order valence-electron chi connectivity index (χ1n) is 9.39. The lowest BCUT2D eigenvalue weighted by Gasteiger charge is -2.32. The second-order valence-electron chi connectivity index (χ2n) is 7.31. The first kappa shape index (κ1) is 20.4. The molecule has 8 heteroatoms. The first-order valence-corrected chi connectivity index (χ1v) is 9.39. The number of hydrogen-bond donors (Lipinski definition) is 1. The smallest absolute Gasteiger partial charge is 0.259 e. The maximum absolute atomic E-state index is 13.4. The number of nitrogens with zero attached hydrogens (tertiary/aromatic N) is 3. The molecule has 1 aliphatic rings. The van der Waals surface area contributed by atoms with Crippen LogP contribution >= 0.6 is 12.4 Å². The average molecular weight is 405 g/mol. The molecule has 3 aromatic rings. The van der Waals surface area contributed by atoms with Crippen LogP contribution in [0.1, 0.15) is 48.7 Å². The van der Waals surface area contributed by atoms with E-state index >= 15 is 0 Å². The molecule has 0 aliphatic carbocycles. The number of furan rings is 1. The number of hydrogen-bond acceptors (Lipinski definition) is 6. The Morgan fingerprint density at radius 2 is 2.21 bits per heavy atom. The number of carbonyl (C=O) groups is 1. The Labute approximate surface area is 169 Å². The Kier molecular flexibility index (Phi) is 6.05. The van der Waals surface area contributed by atoms with E-state index in [1.807, 2.05) is 31.9 Å². The maximum atomic E-state index is 13.4. The van der Waals surface area contributed by atoms with Crippen molar-refractivity contribution in [3.05, 3.63) is 35.7 Å². The van der Waals surface area contributed by atoms with Gasteiger partial charge in [0.05, 0.1) is 22.9 Å². The van der Waals surface area contributed by atoms with Crippen LogP contribution in [-0.4, -0.2) is 47.1 Å². The lowest BCUT2D eigenvalue weighted by molar-refractivity contribution is 0.0700. The summed E-state index contributed by atoms with van der Waals surface area (Å²) in [4.78, 5) is 19.9. The Balaban J connectivity index is 0.00000225. The number of aromatic nitrogens is 2. The molecule has 1 N–H and O–H groups in total. The predicted octanol–water partition coefficient (Wildman–Crippen LogP) is 3.85. The lowest BCUT2D eigenvalue weighted by Crippen LogP contribution is -2.47. The molecule has 0 radical (unpaired) electrons. The number of amides is 1. The molecule has 1 aliphatic heterocycles. The molecule has 1 amide bonds. The van der Waals surface area contributed by atoms with Gasteiger partial charge in [0.25, 0.3) is 11.6 Å². The fourth-order valence-electron chi connectivity index (χ4n) is 3.65. The standard InChI is InChI=1S/C20H24N4O3.ClH/c1-12(2)18-17-14(20(25)24-8-4-6-13(11-24)21-3)10-15(16-7-5-9-26-16)22-19(17)27-23-18;/h5,7,9-10,12-13,21H,4,6,8,11H2,1-3H3;1H. The number of likely N-dealkylation sites (tertiary alicyclic amines) is 1. The van der Waals surface area contributed by atoms with Crippen molar-refractivity contribution in [1.82, 2.24) is 20.4 Å². The molecule has 1 atom stereocenters. The second kappa shape index (κ2) is 8.32. The predicted molar refractivity (Wildman–Crippen MR) is 109 cm³/mol. The SMILES string of the molecule is CNC1CCCN(C(=O)c2cc(-c3ccco3)nc3onc(C(C)C)c23)C1.Cl. The molecule has 28 heavy (non-hydrogen) atoms. The van der Waals surface area contributed by atoms with Gasteiger partial charge in [0.2, 0.25) is 0 Å². The first-order chi connectivity index (χ1) is 13.1. The summed E-state index contributed by atoms with van der Waals surface area (Å²) in [6, 6.07) is 5.73. The molecule has 0 aromatic carbocycles. The van der Waals surface area contributed by atoms with Crippen molar-refractivity contribution in [3.63, 3.8) is 0 Å². The molecular formula is C20H25ClN4O3. The van der Waals surface area contributed by atoms with Crippen molar-refractivity contribution in [3.8, 4) is 11.5 Å².